The van der Waals surface area contributed by atoms with E-state index in [1.54, 1.807) is 0 Å². The molecule has 4 bridgehead atoms. The van der Waals surface area contributed by atoms with Crippen molar-refractivity contribution in [2.24, 2.45) is 23.2 Å². The summed E-state index contributed by atoms with van der Waals surface area (Å²) in [4.78, 5) is 22.4. The number of esters is 1. The van der Waals surface area contributed by atoms with Crippen LogP contribution in [0.15, 0.2) is 0 Å². The summed E-state index contributed by atoms with van der Waals surface area (Å²) in [5, 5.41) is 0. The zero-order valence-electron chi connectivity index (χ0n) is 13.2. The van der Waals surface area contributed by atoms with Gasteiger partial charge in [0.15, 0.2) is 0 Å². The largest absolute Gasteiger partial charge is 0.511 e. The smallest absolute Gasteiger partial charge is 0.434 e. The van der Waals surface area contributed by atoms with Gasteiger partial charge in [0.1, 0.15) is 6.61 Å². The van der Waals surface area contributed by atoms with E-state index < -0.39 is 24.8 Å². The summed E-state index contributed by atoms with van der Waals surface area (Å²) < 4.78 is 39.0. The molecule has 0 aromatic rings. The first-order chi connectivity index (χ1) is 10.8. The Morgan fingerprint density at radius 1 is 1.00 bits per heavy atom. The summed E-state index contributed by atoms with van der Waals surface area (Å²) in [6, 6.07) is 0. The Labute approximate surface area is 133 Å². The van der Waals surface area contributed by atoms with Gasteiger partial charge in [-0.3, -0.25) is 0 Å². The molecule has 4 fully saturated rings. The Morgan fingerprint density at radius 3 is 2.00 bits per heavy atom. The highest BCUT2D eigenvalue weighted by Gasteiger charge is 2.51. The van der Waals surface area contributed by atoms with E-state index in [2.05, 4.69) is 9.47 Å². The van der Waals surface area contributed by atoms with E-state index in [0.717, 1.165) is 37.0 Å². The SMILES string of the molecule is CC(F)(F)C(=O)OCOC(=O)OCC12CC3CC(CC(C3)C1)C2. The topological polar surface area (TPSA) is 61.8 Å². The molecular weight excluding hydrogens is 310 g/mol. The van der Waals surface area contributed by atoms with Crippen LogP contribution >= 0.6 is 0 Å². The third-order valence-electron chi connectivity index (χ3n) is 5.39. The van der Waals surface area contributed by atoms with Crippen LogP contribution in [0.3, 0.4) is 0 Å². The first kappa shape index (κ1) is 16.5. The molecule has 130 valence electrons. The van der Waals surface area contributed by atoms with Crippen molar-refractivity contribution in [1.82, 2.24) is 0 Å². The van der Waals surface area contributed by atoms with Gasteiger partial charge >= 0.3 is 18.0 Å². The number of rotatable bonds is 5. The van der Waals surface area contributed by atoms with Crippen molar-refractivity contribution in [2.75, 3.05) is 13.4 Å². The third kappa shape index (κ3) is 3.75. The van der Waals surface area contributed by atoms with Crippen LogP contribution in [0.4, 0.5) is 13.6 Å². The van der Waals surface area contributed by atoms with Gasteiger partial charge < -0.3 is 14.2 Å². The Bertz CT molecular complexity index is 450. The highest BCUT2D eigenvalue weighted by atomic mass is 19.3. The van der Waals surface area contributed by atoms with E-state index in [9.17, 15) is 18.4 Å². The van der Waals surface area contributed by atoms with Gasteiger partial charge in [0, 0.05) is 12.3 Å². The lowest BCUT2D eigenvalue weighted by atomic mass is 9.50. The zero-order chi connectivity index (χ0) is 16.7. The number of carbonyl (C=O) groups excluding carboxylic acids is 2. The van der Waals surface area contributed by atoms with Gasteiger partial charge in [-0.05, 0) is 56.3 Å². The third-order valence-corrected chi connectivity index (χ3v) is 5.39. The molecule has 0 amide bonds. The molecule has 0 spiro atoms. The molecule has 0 saturated heterocycles. The second kappa shape index (κ2) is 5.91. The molecule has 0 aliphatic heterocycles. The van der Waals surface area contributed by atoms with E-state index in [1.807, 2.05) is 0 Å². The summed E-state index contributed by atoms with van der Waals surface area (Å²) >= 11 is 0. The van der Waals surface area contributed by atoms with Crippen LogP contribution in [0.25, 0.3) is 0 Å². The van der Waals surface area contributed by atoms with Gasteiger partial charge in [0.05, 0.1) is 0 Å². The lowest BCUT2D eigenvalue weighted by Crippen LogP contribution is -2.48. The quantitative estimate of drug-likeness (QED) is 0.569. The molecule has 4 rings (SSSR count). The zero-order valence-corrected chi connectivity index (χ0v) is 13.2. The standard InChI is InChI=1S/C16H22F2O5/c1-15(17,18)13(19)22-9-23-14(20)21-8-16-5-10-2-11(6-16)4-12(3-10)7-16/h10-12H,2-9H2,1H3. The van der Waals surface area contributed by atoms with Crippen LogP contribution in [0, 0.1) is 23.2 Å². The van der Waals surface area contributed by atoms with E-state index in [0.29, 0.717) is 13.5 Å². The van der Waals surface area contributed by atoms with Gasteiger partial charge in [-0.2, -0.15) is 8.78 Å². The first-order valence-corrected chi connectivity index (χ1v) is 8.10. The molecule has 4 aliphatic rings. The molecule has 4 saturated carbocycles. The lowest BCUT2D eigenvalue weighted by Gasteiger charge is -2.56. The maximum Gasteiger partial charge on any atom is 0.511 e. The number of hydrogen-bond donors (Lipinski definition) is 0. The van der Waals surface area contributed by atoms with Crippen molar-refractivity contribution in [2.45, 2.75) is 51.4 Å². The average Bonchev–Trinajstić information content (AvgIpc) is 2.42. The Kier molecular flexibility index (Phi) is 4.23. The van der Waals surface area contributed by atoms with Crippen molar-refractivity contribution >= 4 is 12.1 Å². The molecule has 23 heavy (non-hydrogen) atoms. The average molecular weight is 332 g/mol. The van der Waals surface area contributed by atoms with Crippen LogP contribution < -0.4 is 0 Å². The van der Waals surface area contributed by atoms with Crippen molar-refractivity contribution in [3.63, 3.8) is 0 Å². The number of alkyl halides is 2. The van der Waals surface area contributed by atoms with E-state index in [-0.39, 0.29) is 5.41 Å². The highest BCUT2D eigenvalue weighted by molar-refractivity contribution is 5.76. The van der Waals surface area contributed by atoms with Crippen molar-refractivity contribution < 1.29 is 32.6 Å². The monoisotopic (exact) mass is 332 g/mol. The second-order valence-electron chi connectivity index (χ2n) is 7.54. The molecule has 0 N–H and O–H groups in total. The predicted octanol–water partition coefficient (Wildman–Crippen LogP) is 3.51. The molecule has 0 aromatic carbocycles. The number of halogens is 2. The highest BCUT2D eigenvalue weighted by Crippen LogP contribution is 2.60. The van der Waals surface area contributed by atoms with Crippen LogP contribution in [0.1, 0.15) is 45.4 Å². The van der Waals surface area contributed by atoms with Crippen molar-refractivity contribution in [3.05, 3.63) is 0 Å². The first-order valence-electron chi connectivity index (χ1n) is 8.10. The maximum absolute atomic E-state index is 12.6. The molecule has 0 aromatic heterocycles. The minimum absolute atomic E-state index is 0.0564. The summed E-state index contributed by atoms with van der Waals surface area (Å²) in [6.07, 6.45) is 6.17. The summed E-state index contributed by atoms with van der Waals surface area (Å²) in [5.41, 5.74) is 0.0564. The molecule has 0 radical (unpaired) electrons. The van der Waals surface area contributed by atoms with Gasteiger partial charge in [-0.15, -0.1) is 0 Å². The Morgan fingerprint density at radius 2 is 1.52 bits per heavy atom. The molecule has 0 unspecified atom stereocenters. The minimum Gasteiger partial charge on any atom is -0.434 e. The molecule has 0 heterocycles. The fraction of sp³-hybridized carbons (Fsp3) is 0.875. The van der Waals surface area contributed by atoms with Gasteiger partial charge in [0.2, 0.25) is 6.79 Å². The van der Waals surface area contributed by atoms with Crippen LogP contribution in [-0.4, -0.2) is 31.4 Å². The molecule has 4 aliphatic carbocycles. The van der Waals surface area contributed by atoms with Crippen LogP contribution in [0.2, 0.25) is 0 Å². The van der Waals surface area contributed by atoms with E-state index in [1.165, 1.54) is 19.3 Å². The lowest BCUT2D eigenvalue weighted by molar-refractivity contribution is -0.179. The second-order valence-corrected chi connectivity index (χ2v) is 7.54. The number of hydrogen-bond acceptors (Lipinski definition) is 5. The molecule has 0 atom stereocenters. The summed E-state index contributed by atoms with van der Waals surface area (Å²) in [6.45, 7) is -0.143. The summed E-state index contributed by atoms with van der Waals surface area (Å²) in [5.74, 6) is -3.10. The van der Waals surface area contributed by atoms with E-state index in [4.69, 9.17) is 4.74 Å². The Balaban J connectivity index is 1.40. The Hall–Kier alpha value is -1.40. The fourth-order valence-electron chi connectivity index (χ4n) is 4.98. The molecule has 5 nitrogen and oxygen atoms in total. The van der Waals surface area contributed by atoms with Crippen LogP contribution in [-0.2, 0) is 19.0 Å². The molecular formula is C16H22F2O5. The molecule has 7 heteroatoms. The number of carbonyl (C=O) groups is 2. The van der Waals surface area contributed by atoms with Crippen molar-refractivity contribution in [3.8, 4) is 0 Å². The normalized spacial score (nSPS) is 35.0. The predicted molar refractivity (Wildman–Crippen MR) is 74.6 cm³/mol. The van der Waals surface area contributed by atoms with Gasteiger partial charge in [0.25, 0.3) is 0 Å². The van der Waals surface area contributed by atoms with E-state index >= 15 is 0 Å². The minimum atomic E-state index is -3.60. The summed E-state index contributed by atoms with van der Waals surface area (Å²) in [7, 11) is 0. The number of ether oxygens (including phenoxy) is 3. The van der Waals surface area contributed by atoms with Gasteiger partial charge in [-0.1, -0.05) is 0 Å². The fourth-order valence-corrected chi connectivity index (χ4v) is 4.98. The van der Waals surface area contributed by atoms with Crippen molar-refractivity contribution in [1.29, 1.82) is 0 Å². The maximum atomic E-state index is 12.6. The van der Waals surface area contributed by atoms with Gasteiger partial charge in [-0.25, -0.2) is 9.59 Å². The van der Waals surface area contributed by atoms with Crippen LogP contribution in [0.5, 0.6) is 0 Å².